The standard InChI is InChI=1S/C7HF15.C6H10O3/c8-1(9)2(10,11)3(12,13)4(14,15)5(16,17)6(18,19)7(20,21)22;1(5-3-8-5)7-2-6-4-9-6/h1H;5-6H,1-4H2. The molecule has 2 heterocycles. The van der Waals surface area contributed by atoms with Crippen molar-refractivity contribution in [2.24, 2.45) is 0 Å². The fourth-order valence-electron chi connectivity index (χ4n) is 1.58. The van der Waals surface area contributed by atoms with Crippen molar-refractivity contribution in [3.8, 4) is 0 Å². The molecule has 0 aromatic heterocycles. The first-order chi connectivity index (χ1) is 13.6. The van der Waals surface area contributed by atoms with Gasteiger partial charge in [-0.2, -0.15) is 57.1 Å². The lowest BCUT2D eigenvalue weighted by Crippen LogP contribution is -2.71. The highest BCUT2D eigenvalue weighted by molar-refractivity contribution is 5.10. The minimum Gasteiger partial charge on any atom is -0.376 e. The smallest absolute Gasteiger partial charge is 0.376 e. The summed E-state index contributed by atoms with van der Waals surface area (Å²) >= 11 is 0. The van der Waals surface area contributed by atoms with E-state index in [0.29, 0.717) is 12.2 Å². The average Bonchev–Trinajstić information content (AvgIpc) is 3.49. The Morgan fingerprint density at radius 2 is 0.935 bits per heavy atom. The van der Waals surface area contributed by atoms with Gasteiger partial charge in [-0.15, -0.1) is 0 Å². The number of ether oxygens (including phenoxy) is 3. The Labute approximate surface area is 162 Å². The second-order valence-corrected chi connectivity index (χ2v) is 6.17. The van der Waals surface area contributed by atoms with Gasteiger partial charge in [0.05, 0.1) is 26.4 Å². The van der Waals surface area contributed by atoms with E-state index in [4.69, 9.17) is 14.2 Å². The van der Waals surface area contributed by atoms with Crippen LogP contribution in [0.3, 0.4) is 0 Å². The molecule has 2 atom stereocenters. The summed E-state index contributed by atoms with van der Waals surface area (Å²) in [5.41, 5.74) is 0. The zero-order valence-electron chi connectivity index (χ0n) is 14.5. The van der Waals surface area contributed by atoms with Gasteiger partial charge in [-0.05, 0) is 0 Å². The van der Waals surface area contributed by atoms with Crippen LogP contribution in [0.25, 0.3) is 0 Å². The van der Waals surface area contributed by atoms with Gasteiger partial charge in [0.2, 0.25) is 0 Å². The zero-order valence-corrected chi connectivity index (χ0v) is 14.5. The Bertz CT molecular complexity index is 583. The van der Waals surface area contributed by atoms with E-state index >= 15 is 0 Å². The molecule has 0 aliphatic carbocycles. The SMILES string of the molecule is C(OCC1CO1)C1CO1.FC(F)C(F)(F)C(F)(F)C(F)(F)C(F)(F)C(F)(F)C(F)(F)F. The first-order valence-electron chi connectivity index (χ1n) is 7.69. The molecule has 0 radical (unpaired) electrons. The highest BCUT2D eigenvalue weighted by Gasteiger charge is 2.91. The van der Waals surface area contributed by atoms with Gasteiger partial charge >= 0.3 is 42.2 Å². The van der Waals surface area contributed by atoms with Gasteiger partial charge in [0, 0.05) is 0 Å². The first kappa shape index (κ1) is 27.9. The average molecular weight is 500 g/mol. The predicted octanol–water partition coefficient (Wildman–Crippen LogP) is 4.79. The second-order valence-electron chi connectivity index (χ2n) is 6.17. The van der Waals surface area contributed by atoms with Crippen molar-refractivity contribution in [2.45, 2.75) is 54.4 Å². The van der Waals surface area contributed by atoms with Crippen LogP contribution < -0.4 is 0 Å². The van der Waals surface area contributed by atoms with Crippen molar-refractivity contribution >= 4 is 0 Å². The van der Waals surface area contributed by atoms with Crippen molar-refractivity contribution in [1.29, 1.82) is 0 Å². The molecule has 3 nitrogen and oxygen atoms in total. The number of rotatable bonds is 9. The Hall–Kier alpha value is -1.17. The molecule has 0 N–H and O–H groups in total. The Morgan fingerprint density at radius 1 is 0.613 bits per heavy atom. The summed E-state index contributed by atoms with van der Waals surface area (Å²) in [6, 6.07) is 0. The van der Waals surface area contributed by atoms with Gasteiger partial charge in [0.25, 0.3) is 0 Å². The molecule has 2 rings (SSSR count). The van der Waals surface area contributed by atoms with Gasteiger partial charge in [0.15, 0.2) is 0 Å². The molecular weight excluding hydrogens is 489 g/mol. The predicted molar refractivity (Wildman–Crippen MR) is 67.1 cm³/mol. The van der Waals surface area contributed by atoms with E-state index < -0.39 is 42.2 Å². The highest BCUT2D eigenvalue weighted by Crippen LogP contribution is 2.60. The Kier molecular flexibility index (Phi) is 7.77. The maximum Gasteiger partial charge on any atom is 0.460 e. The lowest BCUT2D eigenvalue weighted by Gasteiger charge is -2.39. The molecule has 2 aliphatic rings. The van der Waals surface area contributed by atoms with Crippen molar-refractivity contribution in [3.05, 3.63) is 0 Å². The molecule has 2 unspecified atom stereocenters. The molecule has 2 saturated heterocycles. The van der Waals surface area contributed by atoms with E-state index in [2.05, 4.69) is 0 Å². The van der Waals surface area contributed by atoms with Crippen LogP contribution in [0.1, 0.15) is 0 Å². The number of epoxide rings is 2. The lowest BCUT2D eigenvalue weighted by molar-refractivity contribution is -0.445. The van der Waals surface area contributed by atoms with Crippen molar-refractivity contribution in [3.63, 3.8) is 0 Å². The molecule has 0 aromatic rings. The van der Waals surface area contributed by atoms with E-state index in [0.717, 1.165) is 26.4 Å². The monoisotopic (exact) mass is 500 g/mol. The molecule has 186 valence electrons. The number of hydrogen-bond donors (Lipinski definition) is 0. The molecule has 0 spiro atoms. The van der Waals surface area contributed by atoms with Gasteiger partial charge in [-0.3, -0.25) is 0 Å². The van der Waals surface area contributed by atoms with Crippen LogP contribution in [0.5, 0.6) is 0 Å². The third-order valence-electron chi connectivity index (χ3n) is 3.64. The maximum absolute atomic E-state index is 12.6. The summed E-state index contributed by atoms with van der Waals surface area (Å²) in [5.74, 6) is -39.5. The summed E-state index contributed by atoms with van der Waals surface area (Å²) in [7, 11) is 0. The molecule has 18 heteroatoms. The molecule has 2 aliphatic heterocycles. The van der Waals surface area contributed by atoms with E-state index in [1.165, 1.54) is 0 Å². The Morgan fingerprint density at radius 3 is 1.19 bits per heavy atom. The van der Waals surface area contributed by atoms with Crippen LogP contribution in [-0.2, 0) is 14.2 Å². The first-order valence-corrected chi connectivity index (χ1v) is 7.69. The van der Waals surface area contributed by atoms with E-state index in [-0.39, 0.29) is 0 Å². The fraction of sp³-hybridized carbons (Fsp3) is 1.00. The molecule has 2 fully saturated rings. The van der Waals surface area contributed by atoms with Gasteiger partial charge < -0.3 is 14.2 Å². The van der Waals surface area contributed by atoms with Crippen LogP contribution in [0.2, 0.25) is 0 Å². The minimum atomic E-state index is -8.17. The van der Waals surface area contributed by atoms with Crippen LogP contribution in [0, 0.1) is 0 Å². The molecule has 0 aromatic carbocycles. The van der Waals surface area contributed by atoms with E-state index in [9.17, 15) is 65.9 Å². The molecule has 0 saturated carbocycles. The van der Waals surface area contributed by atoms with Crippen LogP contribution in [0.15, 0.2) is 0 Å². The maximum atomic E-state index is 12.6. The summed E-state index contributed by atoms with van der Waals surface area (Å²) in [6.07, 6.45) is -12.5. The number of alkyl halides is 15. The minimum absolute atomic E-state index is 0.392. The second kappa shape index (κ2) is 8.64. The third kappa shape index (κ3) is 5.43. The summed E-state index contributed by atoms with van der Waals surface area (Å²) in [6.45, 7) is 3.26. The van der Waals surface area contributed by atoms with E-state index in [1.807, 2.05) is 0 Å². The number of hydrogen-bond acceptors (Lipinski definition) is 3. The quantitative estimate of drug-likeness (QED) is 0.338. The van der Waals surface area contributed by atoms with E-state index in [1.54, 1.807) is 0 Å². The molecular formula is C13H11F15O3. The van der Waals surface area contributed by atoms with Crippen LogP contribution in [-0.4, -0.2) is 80.8 Å². The van der Waals surface area contributed by atoms with Crippen LogP contribution >= 0.6 is 0 Å². The van der Waals surface area contributed by atoms with Gasteiger partial charge in [-0.1, -0.05) is 0 Å². The molecule has 0 bridgehead atoms. The van der Waals surface area contributed by atoms with Gasteiger partial charge in [-0.25, -0.2) is 8.78 Å². The van der Waals surface area contributed by atoms with Crippen molar-refractivity contribution in [2.75, 3.05) is 26.4 Å². The third-order valence-corrected chi connectivity index (χ3v) is 3.64. The summed E-state index contributed by atoms with van der Waals surface area (Å²) in [4.78, 5) is 0. The summed E-state index contributed by atoms with van der Waals surface area (Å²) in [5, 5.41) is 0. The number of halogens is 15. The van der Waals surface area contributed by atoms with Crippen molar-refractivity contribution < 1.29 is 80.1 Å². The lowest BCUT2D eigenvalue weighted by atomic mass is 9.94. The molecule has 31 heavy (non-hydrogen) atoms. The summed E-state index contributed by atoms with van der Waals surface area (Å²) < 4.78 is 197. The Balaban J connectivity index is 0.000000432. The van der Waals surface area contributed by atoms with Gasteiger partial charge in [0.1, 0.15) is 12.2 Å². The molecule has 0 amide bonds. The topological polar surface area (TPSA) is 34.3 Å². The zero-order chi connectivity index (χ0) is 24.7. The van der Waals surface area contributed by atoms with Crippen molar-refractivity contribution in [1.82, 2.24) is 0 Å². The largest absolute Gasteiger partial charge is 0.460 e. The normalized spacial score (nSPS) is 22.8. The highest BCUT2D eigenvalue weighted by atomic mass is 19.4. The fourth-order valence-corrected chi connectivity index (χ4v) is 1.58. The van der Waals surface area contributed by atoms with Crippen LogP contribution in [0.4, 0.5) is 65.9 Å².